The maximum absolute atomic E-state index is 14.0. The molecule has 1 saturated carbocycles. The Morgan fingerprint density at radius 3 is 2.89 bits per heavy atom. The summed E-state index contributed by atoms with van der Waals surface area (Å²) in [5.41, 5.74) is 1.62. The van der Waals surface area contributed by atoms with E-state index in [1.807, 2.05) is 6.08 Å². The molecule has 1 aromatic heterocycles. The first-order valence-corrected chi connectivity index (χ1v) is 6.61. The second-order valence-electron chi connectivity index (χ2n) is 4.97. The molecule has 0 bridgehead atoms. The number of nitrogens with zero attached hydrogens (tertiary/aromatic N) is 1. The van der Waals surface area contributed by atoms with Gasteiger partial charge in [-0.3, -0.25) is 4.79 Å². The van der Waals surface area contributed by atoms with Crippen LogP contribution in [0.2, 0.25) is 0 Å². The smallest absolute Gasteiger partial charge is 0.270 e. The number of carbonyl (C=O) groups is 1. The van der Waals surface area contributed by atoms with Crippen LogP contribution in [0.4, 0.5) is 4.39 Å². The molecule has 0 atom stereocenters. The van der Waals surface area contributed by atoms with Crippen molar-refractivity contribution in [2.45, 2.75) is 25.3 Å². The van der Waals surface area contributed by atoms with Gasteiger partial charge in [-0.25, -0.2) is 4.98 Å². The molecule has 3 rings (SSSR count). The zero-order chi connectivity index (χ0) is 13.2. The molecule has 0 aromatic carbocycles. The summed E-state index contributed by atoms with van der Waals surface area (Å²) < 4.78 is 14.0. The van der Waals surface area contributed by atoms with Gasteiger partial charge in [-0.05, 0) is 43.5 Å². The monoisotopic (exact) mass is 261 g/mol. The predicted molar refractivity (Wildman–Crippen MR) is 70.1 cm³/mol. The normalized spacial score (nSPS) is 18.9. The van der Waals surface area contributed by atoms with Crippen LogP contribution in [-0.2, 0) is 0 Å². The number of halogens is 1. The van der Waals surface area contributed by atoms with Gasteiger partial charge in [-0.2, -0.15) is 4.39 Å². The number of hydrogen-bond acceptors (Lipinski definition) is 3. The van der Waals surface area contributed by atoms with Crippen LogP contribution in [0.25, 0.3) is 5.57 Å². The van der Waals surface area contributed by atoms with E-state index >= 15 is 0 Å². The van der Waals surface area contributed by atoms with Crippen LogP contribution < -0.4 is 10.6 Å². The molecular weight excluding hydrogens is 245 g/mol. The minimum Gasteiger partial charge on any atom is -0.348 e. The number of carbonyl (C=O) groups excluding carboxylic acids is 1. The highest BCUT2D eigenvalue weighted by Crippen LogP contribution is 2.22. The van der Waals surface area contributed by atoms with Gasteiger partial charge >= 0.3 is 0 Å². The first kappa shape index (κ1) is 12.3. The molecule has 1 aromatic rings. The minimum atomic E-state index is -0.559. The Balaban J connectivity index is 1.80. The number of amides is 1. The molecule has 2 N–H and O–H groups in total. The third kappa shape index (κ3) is 2.81. The standard InChI is InChI=1S/C14H16FN3O/c15-13-11(9-5-7-16-8-6-9)3-4-12(18-13)14(19)17-10-1-2-10/h3-5,10,16H,1-2,6-8H2,(H,17,19). The molecule has 0 unspecified atom stereocenters. The lowest BCUT2D eigenvalue weighted by Gasteiger charge is -2.14. The Bertz CT molecular complexity index is 537. The van der Waals surface area contributed by atoms with Crippen LogP contribution in [0.1, 0.15) is 35.3 Å². The summed E-state index contributed by atoms with van der Waals surface area (Å²) >= 11 is 0. The summed E-state index contributed by atoms with van der Waals surface area (Å²) in [5, 5.41) is 5.98. The van der Waals surface area contributed by atoms with Crippen LogP contribution in [0.15, 0.2) is 18.2 Å². The van der Waals surface area contributed by atoms with E-state index in [2.05, 4.69) is 15.6 Å². The fourth-order valence-electron chi connectivity index (χ4n) is 2.15. The second-order valence-corrected chi connectivity index (χ2v) is 4.97. The number of pyridine rings is 1. The molecule has 1 aliphatic carbocycles. The maximum Gasteiger partial charge on any atom is 0.270 e. The molecule has 1 amide bonds. The van der Waals surface area contributed by atoms with Crippen molar-refractivity contribution in [1.29, 1.82) is 0 Å². The van der Waals surface area contributed by atoms with Gasteiger partial charge in [0.25, 0.3) is 5.91 Å². The highest BCUT2D eigenvalue weighted by molar-refractivity contribution is 5.92. The van der Waals surface area contributed by atoms with Crippen LogP contribution in [0.3, 0.4) is 0 Å². The van der Waals surface area contributed by atoms with Crippen molar-refractivity contribution in [2.75, 3.05) is 13.1 Å². The molecular formula is C14H16FN3O. The minimum absolute atomic E-state index is 0.155. The lowest BCUT2D eigenvalue weighted by atomic mass is 10.0. The van der Waals surface area contributed by atoms with E-state index in [0.717, 1.165) is 37.9 Å². The Labute approximate surface area is 111 Å². The van der Waals surface area contributed by atoms with Gasteiger partial charge in [0.1, 0.15) is 5.69 Å². The highest BCUT2D eigenvalue weighted by atomic mass is 19.1. The Kier molecular flexibility index (Phi) is 3.29. The third-order valence-corrected chi connectivity index (χ3v) is 3.40. The van der Waals surface area contributed by atoms with E-state index in [1.165, 1.54) is 0 Å². The van der Waals surface area contributed by atoms with E-state index in [0.29, 0.717) is 5.56 Å². The first-order valence-electron chi connectivity index (χ1n) is 6.61. The van der Waals surface area contributed by atoms with Crippen molar-refractivity contribution in [3.8, 4) is 0 Å². The summed E-state index contributed by atoms with van der Waals surface area (Å²) in [6.45, 7) is 1.59. The summed E-state index contributed by atoms with van der Waals surface area (Å²) in [4.78, 5) is 15.6. The topological polar surface area (TPSA) is 54.0 Å². The average molecular weight is 261 g/mol. The average Bonchev–Trinajstić information content (AvgIpc) is 3.23. The van der Waals surface area contributed by atoms with Crippen molar-refractivity contribution in [2.24, 2.45) is 0 Å². The molecule has 2 heterocycles. The van der Waals surface area contributed by atoms with Gasteiger partial charge in [0, 0.05) is 18.2 Å². The number of hydrogen-bond donors (Lipinski definition) is 2. The summed E-state index contributed by atoms with van der Waals surface area (Å²) in [6.07, 6.45) is 4.76. The molecule has 19 heavy (non-hydrogen) atoms. The quantitative estimate of drug-likeness (QED) is 0.811. The number of aromatic nitrogens is 1. The van der Waals surface area contributed by atoms with E-state index in [9.17, 15) is 9.18 Å². The van der Waals surface area contributed by atoms with Crippen molar-refractivity contribution >= 4 is 11.5 Å². The fraction of sp³-hybridized carbons (Fsp3) is 0.429. The maximum atomic E-state index is 14.0. The van der Waals surface area contributed by atoms with Crippen molar-refractivity contribution < 1.29 is 9.18 Å². The second kappa shape index (κ2) is 5.09. The Hall–Kier alpha value is -1.75. The molecule has 5 heteroatoms. The fourth-order valence-corrected chi connectivity index (χ4v) is 2.15. The highest BCUT2D eigenvalue weighted by Gasteiger charge is 2.24. The summed E-state index contributed by atoms with van der Waals surface area (Å²) in [5.74, 6) is -0.844. The number of nitrogens with one attached hydrogen (secondary N) is 2. The lowest BCUT2D eigenvalue weighted by molar-refractivity contribution is 0.0945. The zero-order valence-corrected chi connectivity index (χ0v) is 10.6. The molecule has 0 saturated heterocycles. The Morgan fingerprint density at radius 2 is 2.26 bits per heavy atom. The van der Waals surface area contributed by atoms with Gasteiger partial charge in [-0.1, -0.05) is 6.08 Å². The Morgan fingerprint density at radius 1 is 1.42 bits per heavy atom. The van der Waals surface area contributed by atoms with E-state index in [1.54, 1.807) is 12.1 Å². The lowest BCUT2D eigenvalue weighted by Crippen LogP contribution is -2.26. The summed E-state index contributed by atoms with van der Waals surface area (Å²) in [7, 11) is 0. The predicted octanol–water partition coefficient (Wildman–Crippen LogP) is 1.49. The van der Waals surface area contributed by atoms with Crippen LogP contribution in [-0.4, -0.2) is 30.0 Å². The molecule has 1 fully saturated rings. The van der Waals surface area contributed by atoms with Crippen LogP contribution in [0, 0.1) is 5.95 Å². The molecule has 0 spiro atoms. The van der Waals surface area contributed by atoms with Gasteiger partial charge in [-0.15, -0.1) is 0 Å². The van der Waals surface area contributed by atoms with Gasteiger partial charge in [0.15, 0.2) is 0 Å². The van der Waals surface area contributed by atoms with Crippen LogP contribution >= 0.6 is 0 Å². The molecule has 4 nitrogen and oxygen atoms in total. The van der Waals surface area contributed by atoms with Crippen molar-refractivity contribution in [1.82, 2.24) is 15.6 Å². The molecule has 2 aliphatic rings. The zero-order valence-electron chi connectivity index (χ0n) is 10.6. The van der Waals surface area contributed by atoms with Gasteiger partial charge in [0.2, 0.25) is 5.95 Å². The van der Waals surface area contributed by atoms with Crippen LogP contribution in [0.5, 0.6) is 0 Å². The van der Waals surface area contributed by atoms with Gasteiger partial charge in [0.05, 0.1) is 0 Å². The van der Waals surface area contributed by atoms with E-state index in [4.69, 9.17) is 0 Å². The number of rotatable bonds is 3. The van der Waals surface area contributed by atoms with Crippen molar-refractivity contribution in [3.05, 3.63) is 35.4 Å². The first-order chi connectivity index (χ1) is 9.24. The molecule has 1 aliphatic heterocycles. The van der Waals surface area contributed by atoms with E-state index < -0.39 is 5.95 Å². The van der Waals surface area contributed by atoms with Gasteiger partial charge < -0.3 is 10.6 Å². The third-order valence-electron chi connectivity index (χ3n) is 3.40. The van der Waals surface area contributed by atoms with E-state index in [-0.39, 0.29) is 17.6 Å². The summed E-state index contributed by atoms with van der Waals surface area (Å²) in [6, 6.07) is 3.50. The molecule has 0 radical (unpaired) electrons. The van der Waals surface area contributed by atoms with Crippen molar-refractivity contribution in [3.63, 3.8) is 0 Å². The molecule has 100 valence electrons. The largest absolute Gasteiger partial charge is 0.348 e. The SMILES string of the molecule is O=C(NC1CC1)c1ccc(C2=CCNCC2)c(F)n1.